The number of anilines is 1. The number of hydrogen-bond acceptors (Lipinski definition) is 4. The number of aryl methyl sites for hydroxylation is 2. The van der Waals surface area contributed by atoms with Crippen LogP contribution in [0, 0.1) is 13.8 Å². The van der Waals surface area contributed by atoms with Gasteiger partial charge in [-0.25, -0.2) is 9.97 Å². The Morgan fingerprint density at radius 2 is 1.75 bits per heavy atom. The normalized spacial score (nSPS) is 14.4. The first-order valence-corrected chi connectivity index (χ1v) is 10.5. The number of amides is 1. The number of carbonyl (C=O) groups excluding carboxylic acids is 1. The summed E-state index contributed by atoms with van der Waals surface area (Å²) in [5.41, 5.74) is 3.35. The zero-order chi connectivity index (χ0) is 20.1. The van der Waals surface area contributed by atoms with Crippen LogP contribution in [0.25, 0.3) is 0 Å². The number of piperazine rings is 1. The van der Waals surface area contributed by atoms with Gasteiger partial charge < -0.3 is 9.80 Å². The van der Waals surface area contributed by atoms with Crippen LogP contribution in [0.5, 0.6) is 0 Å². The number of nitrogens with zero attached hydrogens (tertiary/aromatic N) is 4. The highest BCUT2D eigenvalue weighted by atomic mass is 35.5. The van der Waals surface area contributed by atoms with Gasteiger partial charge in [-0.2, -0.15) is 0 Å². The average Bonchev–Trinajstić information content (AvgIpc) is 2.69. The highest BCUT2D eigenvalue weighted by Gasteiger charge is 2.24. The molecule has 5 nitrogen and oxygen atoms in total. The van der Waals surface area contributed by atoms with Crippen LogP contribution >= 0.6 is 11.6 Å². The topological polar surface area (TPSA) is 49.3 Å². The Labute approximate surface area is 172 Å². The summed E-state index contributed by atoms with van der Waals surface area (Å²) in [4.78, 5) is 26.0. The third kappa shape index (κ3) is 5.02. The zero-order valence-electron chi connectivity index (χ0n) is 17.0. The Kier molecular flexibility index (Phi) is 6.89. The van der Waals surface area contributed by atoms with E-state index < -0.39 is 0 Å². The van der Waals surface area contributed by atoms with Gasteiger partial charge in [0.05, 0.1) is 0 Å². The first kappa shape index (κ1) is 20.6. The van der Waals surface area contributed by atoms with Crippen LogP contribution in [-0.2, 0) is 11.2 Å². The molecule has 3 rings (SSSR count). The van der Waals surface area contributed by atoms with Crippen LogP contribution in [0.4, 0.5) is 5.82 Å². The smallest absolute Gasteiger partial charge is 0.222 e. The van der Waals surface area contributed by atoms with E-state index in [-0.39, 0.29) is 5.91 Å². The summed E-state index contributed by atoms with van der Waals surface area (Å²) in [5.74, 6) is 2.06. The highest BCUT2D eigenvalue weighted by Crippen LogP contribution is 2.25. The Hall–Kier alpha value is -2.14. The number of aromatic nitrogens is 2. The summed E-state index contributed by atoms with van der Waals surface area (Å²) >= 11 is 6.03. The fourth-order valence-corrected chi connectivity index (χ4v) is 3.77. The predicted octanol–water partition coefficient (Wildman–Crippen LogP) is 4.18. The van der Waals surface area contributed by atoms with Gasteiger partial charge in [-0.05, 0) is 38.0 Å². The maximum atomic E-state index is 12.3. The van der Waals surface area contributed by atoms with Gasteiger partial charge in [0, 0.05) is 55.3 Å². The van der Waals surface area contributed by atoms with Gasteiger partial charge in [-0.1, -0.05) is 37.1 Å². The summed E-state index contributed by atoms with van der Waals surface area (Å²) in [6.45, 7) is 9.23. The minimum Gasteiger partial charge on any atom is -0.353 e. The van der Waals surface area contributed by atoms with E-state index in [2.05, 4.69) is 28.9 Å². The zero-order valence-corrected chi connectivity index (χ0v) is 17.8. The van der Waals surface area contributed by atoms with Gasteiger partial charge >= 0.3 is 0 Å². The van der Waals surface area contributed by atoms with E-state index in [1.54, 1.807) is 0 Å². The van der Waals surface area contributed by atoms with Gasteiger partial charge in [0.25, 0.3) is 0 Å². The third-order valence-corrected chi connectivity index (χ3v) is 5.53. The lowest BCUT2D eigenvalue weighted by Gasteiger charge is -2.36. The molecule has 1 aromatic carbocycles. The molecule has 0 N–H and O–H groups in total. The monoisotopic (exact) mass is 400 g/mol. The standard InChI is InChI=1S/C22H29ClN4O/c1-4-5-6-21(28)26-11-13-27(14-12-26)22-20(16(2)24-17(3)25-22)15-18-7-9-19(23)10-8-18/h7-10H,4-6,11-15H2,1-3H3. The van der Waals surface area contributed by atoms with E-state index in [9.17, 15) is 4.79 Å². The summed E-state index contributed by atoms with van der Waals surface area (Å²) in [7, 11) is 0. The van der Waals surface area contributed by atoms with Crippen molar-refractivity contribution in [3.8, 4) is 0 Å². The lowest BCUT2D eigenvalue weighted by atomic mass is 10.0. The Morgan fingerprint density at radius 1 is 1.07 bits per heavy atom. The number of unbranched alkanes of at least 4 members (excludes halogenated alkanes) is 1. The molecule has 1 fully saturated rings. The molecular weight excluding hydrogens is 372 g/mol. The molecule has 0 saturated carbocycles. The van der Waals surface area contributed by atoms with Crippen molar-refractivity contribution >= 4 is 23.3 Å². The van der Waals surface area contributed by atoms with E-state index in [0.29, 0.717) is 6.42 Å². The highest BCUT2D eigenvalue weighted by molar-refractivity contribution is 6.30. The molecule has 0 spiro atoms. The maximum absolute atomic E-state index is 12.3. The largest absolute Gasteiger partial charge is 0.353 e. The van der Waals surface area contributed by atoms with Crippen LogP contribution in [-0.4, -0.2) is 47.0 Å². The van der Waals surface area contributed by atoms with Crippen molar-refractivity contribution in [2.75, 3.05) is 31.1 Å². The van der Waals surface area contributed by atoms with Crippen molar-refractivity contribution < 1.29 is 4.79 Å². The lowest BCUT2D eigenvalue weighted by Crippen LogP contribution is -2.49. The summed E-state index contributed by atoms with van der Waals surface area (Å²) < 4.78 is 0. The quantitative estimate of drug-likeness (QED) is 0.729. The predicted molar refractivity (Wildman–Crippen MR) is 114 cm³/mol. The van der Waals surface area contributed by atoms with Gasteiger partial charge in [0.1, 0.15) is 11.6 Å². The molecule has 1 aliphatic heterocycles. The number of carbonyl (C=O) groups is 1. The molecular formula is C22H29ClN4O. The molecule has 1 saturated heterocycles. The van der Waals surface area contributed by atoms with Crippen molar-refractivity contribution in [3.05, 3.63) is 51.9 Å². The number of hydrogen-bond donors (Lipinski definition) is 0. The molecule has 0 unspecified atom stereocenters. The molecule has 1 amide bonds. The minimum atomic E-state index is 0.276. The molecule has 0 aliphatic carbocycles. The summed E-state index contributed by atoms with van der Waals surface area (Å²) in [6.07, 6.45) is 3.45. The number of halogens is 1. The first-order valence-electron chi connectivity index (χ1n) is 10.1. The second-order valence-electron chi connectivity index (χ2n) is 7.43. The first-order chi connectivity index (χ1) is 13.5. The van der Waals surface area contributed by atoms with Gasteiger partial charge in [-0.15, -0.1) is 0 Å². The summed E-state index contributed by atoms with van der Waals surface area (Å²) in [5, 5.41) is 0.740. The molecule has 2 heterocycles. The van der Waals surface area contributed by atoms with Crippen LogP contribution in [0.1, 0.15) is 48.8 Å². The van der Waals surface area contributed by atoms with Crippen LogP contribution in [0.15, 0.2) is 24.3 Å². The second kappa shape index (κ2) is 9.37. The minimum absolute atomic E-state index is 0.276. The third-order valence-electron chi connectivity index (χ3n) is 5.27. The van der Waals surface area contributed by atoms with E-state index in [0.717, 1.165) is 73.4 Å². The van der Waals surface area contributed by atoms with E-state index >= 15 is 0 Å². The van der Waals surface area contributed by atoms with Crippen molar-refractivity contribution in [1.29, 1.82) is 0 Å². The van der Waals surface area contributed by atoms with Gasteiger partial charge in [0.2, 0.25) is 5.91 Å². The fraction of sp³-hybridized carbons (Fsp3) is 0.500. The number of benzene rings is 1. The molecule has 2 aromatic rings. The molecule has 1 aliphatic rings. The van der Waals surface area contributed by atoms with Crippen LogP contribution < -0.4 is 4.90 Å². The number of rotatable bonds is 6. The van der Waals surface area contributed by atoms with E-state index in [4.69, 9.17) is 16.6 Å². The average molecular weight is 401 g/mol. The van der Waals surface area contributed by atoms with Crippen molar-refractivity contribution in [2.24, 2.45) is 0 Å². The summed E-state index contributed by atoms with van der Waals surface area (Å²) in [6, 6.07) is 7.94. The van der Waals surface area contributed by atoms with Crippen molar-refractivity contribution in [1.82, 2.24) is 14.9 Å². The van der Waals surface area contributed by atoms with E-state index in [1.807, 2.05) is 30.9 Å². The van der Waals surface area contributed by atoms with Crippen molar-refractivity contribution in [3.63, 3.8) is 0 Å². The molecule has 1 aromatic heterocycles. The Balaban J connectivity index is 1.76. The lowest BCUT2D eigenvalue weighted by molar-refractivity contribution is -0.131. The van der Waals surface area contributed by atoms with Crippen LogP contribution in [0.3, 0.4) is 0 Å². The molecule has 28 heavy (non-hydrogen) atoms. The van der Waals surface area contributed by atoms with Gasteiger partial charge in [-0.3, -0.25) is 4.79 Å². The molecule has 0 atom stereocenters. The Morgan fingerprint density at radius 3 is 2.39 bits per heavy atom. The molecule has 0 radical (unpaired) electrons. The van der Waals surface area contributed by atoms with Crippen LogP contribution in [0.2, 0.25) is 5.02 Å². The van der Waals surface area contributed by atoms with Gasteiger partial charge in [0.15, 0.2) is 0 Å². The SMILES string of the molecule is CCCCC(=O)N1CCN(c2nc(C)nc(C)c2Cc2ccc(Cl)cc2)CC1. The fourth-order valence-electron chi connectivity index (χ4n) is 3.65. The second-order valence-corrected chi connectivity index (χ2v) is 7.87. The Bertz CT molecular complexity index is 814. The maximum Gasteiger partial charge on any atom is 0.222 e. The molecule has 150 valence electrons. The van der Waals surface area contributed by atoms with Crippen molar-refractivity contribution in [2.45, 2.75) is 46.5 Å². The van der Waals surface area contributed by atoms with E-state index in [1.165, 1.54) is 5.56 Å². The molecule has 0 bridgehead atoms. The molecule has 6 heteroatoms.